The van der Waals surface area contributed by atoms with E-state index in [0.29, 0.717) is 6.08 Å². The van der Waals surface area contributed by atoms with Crippen LogP contribution in [-0.2, 0) is 23.9 Å². The lowest BCUT2D eigenvalue weighted by atomic mass is 10.5. The zero-order valence-electron chi connectivity index (χ0n) is 9.42. The van der Waals surface area contributed by atoms with Gasteiger partial charge in [0.15, 0.2) is 0 Å². The first-order valence-corrected chi connectivity index (χ1v) is 4.81. The molecule has 0 aromatic carbocycles. The quantitative estimate of drug-likeness (QED) is 0.576. The number of esters is 2. The highest BCUT2D eigenvalue weighted by Gasteiger charge is 2.24. The van der Waals surface area contributed by atoms with Crippen molar-refractivity contribution in [1.29, 1.82) is 0 Å². The van der Waals surface area contributed by atoms with E-state index in [4.69, 9.17) is 9.84 Å². The van der Waals surface area contributed by atoms with Crippen LogP contribution in [-0.4, -0.2) is 36.2 Å². The van der Waals surface area contributed by atoms with E-state index in [1.807, 2.05) is 0 Å². The first kappa shape index (κ1) is 14.9. The number of hydrogen-bond donors (Lipinski definition) is 1. The lowest BCUT2D eigenvalue weighted by Crippen LogP contribution is -2.00. The van der Waals surface area contributed by atoms with Crippen molar-refractivity contribution in [1.82, 2.24) is 0 Å². The Hall–Kier alpha value is -2.11. The molecule has 0 atom stereocenters. The number of ether oxygens (including phenoxy) is 2. The van der Waals surface area contributed by atoms with E-state index in [2.05, 4.69) is 11.3 Å². The Morgan fingerprint density at radius 1 is 1.24 bits per heavy atom. The van der Waals surface area contributed by atoms with Gasteiger partial charge in [0.1, 0.15) is 6.10 Å². The first-order chi connectivity index (χ1) is 7.99. The maximum absolute atomic E-state index is 10.3. The number of rotatable bonds is 4. The zero-order chi connectivity index (χ0) is 13.3. The Labute approximate surface area is 98.5 Å². The van der Waals surface area contributed by atoms with Crippen LogP contribution in [0.15, 0.2) is 24.8 Å². The fourth-order valence-electron chi connectivity index (χ4n) is 0.606. The smallest absolute Gasteiger partial charge is 0.330 e. The Morgan fingerprint density at radius 2 is 1.82 bits per heavy atom. The molecule has 0 spiro atoms. The van der Waals surface area contributed by atoms with Crippen molar-refractivity contribution in [2.45, 2.75) is 18.9 Å². The summed E-state index contributed by atoms with van der Waals surface area (Å²) in [6.07, 6.45) is 5.01. The van der Waals surface area contributed by atoms with Gasteiger partial charge in [0.25, 0.3) is 0 Å². The Bertz CT molecular complexity index is 327. The highest BCUT2D eigenvalue weighted by atomic mass is 16.5. The lowest BCUT2D eigenvalue weighted by molar-refractivity contribution is -0.139. The van der Waals surface area contributed by atoms with E-state index < -0.39 is 11.9 Å². The second-order valence-electron chi connectivity index (χ2n) is 3.04. The summed E-state index contributed by atoms with van der Waals surface area (Å²) in [5.74, 6) is -2.13. The summed E-state index contributed by atoms with van der Waals surface area (Å²) in [5, 5.41) is 7.96. The van der Waals surface area contributed by atoms with Crippen molar-refractivity contribution in [3.63, 3.8) is 0 Å². The fraction of sp³-hybridized carbons (Fsp3) is 0.364. The first-order valence-electron chi connectivity index (χ1n) is 4.81. The summed E-state index contributed by atoms with van der Waals surface area (Å²) in [7, 11) is 1.18. The number of carbonyl (C=O) groups excluding carboxylic acids is 2. The van der Waals surface area contributed by atoms with Gasteiger partial charge in [-0.3, -0.25) is 0 Å². The lowest BCUT2D eigenvalue weighted by Gasteiger charge is -1.93. The molecule has 17 heavy (non-hydrogen) atoms. The molecular formula is C11H14O6. The van der Waals surface area contributed by atoms with Crippen LogP contribution < -0.4 is 0 Å². The van der Waals surface area contributed by atoms with Crippen LogP contribution in [0.4, 0.5) is 0 Å². The number of carboxylic acid groups (broad SMARTS) is 1. The topological polar surface area (TPSA) is 89.9 Å². The second-order valence-corrected chi connectivity index (χ2v) is 3.04. The van der Waals surface area contributed by atoms with Crippen molar-refractivity contribution < 1.29 is 29.0 Å². The minimum atomic E-state index is -1.17. The Kier molecular flexibility index (Phi) is 7.09. The van der Waals surface area contributed by atoms with Crippen LogP contribution in [0.1, 0.15) is 12.8 Å². The number of aliphatic carboxylic acids is 1. The van der Waals surface area contributed by atoms with Crippen molar-refractivity contribution >= 4 is 17.9 Å². The summed E-state index contributed by atoms with van der Waals surface area (Å²) >= 11 is 0. The normalized spacial score (nSPS) is 13.2. The Morgan fingerprint density at radius 3 is 2.18 bits per heavy atom. The molecule has 0 unspecified atom stereocenters. The molecule has 1 aliphatic rings. The molecule has 1 fully saturated rings. The van der Waals surface area contributed by atoms with Crippen molar-refractivity contribution in [3.05, 3.63) is 24.8 Å². The average molecular weight is 242 g/mol. The van der Waals surface area contributed by atoms with E-state index in [-0.39, 0.29) is 12.1 Å². The molecule has 6 nitrogen and oxygen atoms in total. The van der Waals surface area contributed by atoms with Crippen LogP contribution >= 0.6 is 0 Å². The minimum absolute atomic E-state index is 0.209. The van der Waals surface area contributed by atoms with Gasteiger partial charge in [0.2, 0.25) is 0 Å². The largest absolute Gasteiger partial charge is 0.478 e. The molecule has 0 saturated heterocycles. The van der Waals surface area contributed by atoms with Crippen LogP contribution in [0.5, 0.6) is 0 Å². The highest BCUT2D eigenvalue weighted by Crippen LogP contribution is 2.23. The molecule has 0 radical (unpaired) electrons. The monoisotopic (exact) mass is 242 g/mol. The van der Waals surface area contributed by atoms with Gasteiger partial charge < -0.3 is 14.6 Å². The molecule has 0 heterocycles. The van der Waals surface area contributed by atoms with E-state index >= 15 is 0 Å². The van der Waals surface area contributed by atoms with Gasteiger partial charge >= 0.3 is 17.9 Å². The molecule has 1 N–H and O–H groups in total. The van der Waals surface area contributed by atoms with Crippen LogP contribution in [0.2, 0.25) is 0 Å². The van der Waals surface area contributed by atoms with Gasteiger partial charge in [0.05, 0.1) is 7.11 Å². The molecular weight excluding hydrogens is 228 g/mol. The SMILES string of the molecule is C=CC(=O)OC1CC1.COC(=O)/C=C\C(=O)O. The number of carboxylic acids is 1. The number of methoxy groups -OCH3 is 1. The molecule has 94 valence electrons. The van der Waals surface area contributed by atoms with Gasteiger partial charge in [-0.25, -0.2) is 14.4 Å². The van der Waals surface area contributed by atoms with Gasteiger partial charge in [-0.1, -0.05) is 6.58 Å². The average Bonchev–Trinajstić information content (AvgIpc) is 3.10. The summed E-state index contributed by atoms with van der Waals surface area (Å²) in [4.78, 5) is 30.2. The number of hydrogen-bond acceptors (Lipinski definition) is 5. The van der Waals surface area contributed by atoms with Crippen molar-refractivity contribution in [2.75, 3.05) is 7.11 Å². The molecule has 1 aliphatic carbocycles. The predicted molar refractivity (Wildman–Crippen MR) is 58.1 cm³/mol. The molecule has 0 aliphatic heterocycles. The molecule has 1 saturated carbocycles. The van der Waals surface area contributed by atoms with Crippen LogP contribution in [0, 0.1) is 0 Å². The van der Waals surface area contributed by atoms with Gasteiger partial charge in [-0.15, -0.1) is 0 Å². The third-order valence-electron chi connectivity index (χ3n) is 1.54. The molecule has 0 amide bonds. The van der Waals surface area contributed by atoms with Gasteiger partial charge in [-0.05, 0) is 12.8 Å². The molecule has 1 rings (SSSR count). The second kappa shape index (κ2) is 8.09. The third kappa shape index (κ3) is 10.2. The van der Waals surface area contributed by atoms with Crippen molar-refractivity contribution in [3.8, 4) is 0 Å². The van der Waals surface area contributed by atoms with E-state index in [1.165, 1.54) is 13.2 Å². The maximum atomic E-state index is 10.3. The standard InChI is InChI=1S/C6H8O2.C5H6O4/c1-2-6(7)8-5-3-4-5;1-9-5(8)3-2-4(6)7/h2,5H,1,3-4H2;2-3H,1H3,(H,6,7)/b;3-2-. The molecule has 6 heteroatoms. The minimum Gasteiger partial charge on any atom is -0.478 e. The summed E-state index contributed by atoms with van der Waals surface area (Å²) in [5.41, 5.74) is 0. The zero-order valence-corrected chi connectivity index (χ0v) is 9.42. The van der Waals surface area contributed by atoms with Gasteiger partial charge in [-0.2, -0.15) is 0 Å². The summed E-state index contributed by atoms with van der Waals surface area (Å²) in [6.45, 7) is 3.27. The molecule has 0 bridgehead atoms. The van der Waals surface area contributed by atoms with E-state index in [0.717, 1.165) is 18.9 Å². The summed E-state index contributed by atoms with van der Waals surface area (Å²) < 4.78 is 8.86. The fourth-order valence-corrected chi connectivity index (χ4v) is 0.606. The Balaban J connectivity index is 0.000000302. The number of carbonyl (C=O) groups is 3. The van der Waals surface area contributed by atoms with E-state index in [1.54, 1.807) is 0 Å². The van der Waals surface area contributed by atoms with Gasteiger partial charge in [0, 0.05) is 18.2 Å². The van der Waals surface area contributed by atoms with Crippen molar-refractivity contribution in [2.24, 2.45) is 0 Å². The third-order valence-corrected chi connectivity index (χ3v) is 1.54. The van der Waals surface area contributed by atoms with Crippen LogP contribution in [0.25, 0.3) is 0 Å². The predicted octanol–water partition coefficient (Wildman–Crippen LogP) is 0.678. The molecule has 0 aromatic heterocycles. The summed E-state index contributed by atoms with van der Waals surface area (Å²) in [6, 6.07) is 0. The van der Waals surface area contributed by atoms with E-state index in [9.17, 15) is 14.4 Å². The highest BCUT2D eigenvalue weighted by molar-refractivity contribution is 5.90. The molecule has 0 aromatic rings. The van der Waals surface area contributed by atoms with Crippen LogP contribution in [0.3, 0.4) is 0 Å². The maximum Gasteiger partial charge on any atom is 0.330 e.